The highest BCUT2D eigenvalue weighted by Crippen LogP contribution is 2.23. The van der Waals surface area contributed by atoms with Crippen LogP contribution >= 0.6 is 0 Å². The van der Waals surface area contributed by atoms with E-state index in [1.807, 2.05) is 30.0 Å². The SMILES string of the molecule is CC(=O)N1CCN(CC(=O)NC(C)c2cccc3ccccc23)CC1. The number of nitrogens with zero attached hydrogens (tertiary/aromatic N) is 2. The summed E-state index contributed by atoms with van der Waals surface area (Å²) in [6.45, 7) is 6.87. The van der Waals surface area contributed by atoms with Crippen molar-refractivity contribution >= 4 is 22.6 Å². The van der Waals surface area contributed by atoms with E-state index in [-0.39, 0.29) is 17.9 Å². The summed E-state index contributed by atoms with van der Waals surface area (Å²) in [5, 5.41) is 5.46. The Bertz CT molecular complexity index is 761. The third-order valence-electron chi connectivity index (χ3n) is 4.85. The van der Waals surface area contributed by atoms with Crippen molar-refractivity contribution in [3.8, 4) is 0 Å². The van der Waals surface area contributed by atoms with Crippen LogP contribution in [0.3, 0.4) is 0 Å². The third-order valence-corrected chi connectivity index (χ3v) is 4.85. The second-order valence-electron chi connectivity index (χ2n) is 6.64. The minimum Gasteiger partial charge on any atom is -0.348 e. The average Bonchev–Trinajstić information content (AvgIpc) is 2.61. The van der Waals surface area contributed by atoms with Crippen LogP contribution in [0.15, 0.2) is 42.5 Å². The Morgan fingerprint density at radius 3 is 2.44 bits per heavy atom. The predicted octanol–water partition coefficient (Wildman–Crippen LogP) is 2.18. The number of carbonyl (C=O) groups excluding carboxylic acids is 2. The van der Waals surface area contributed by atoms with Gasteiger partial charge in [0.25, 0.3) is 0 Å². The number of carbonyl (C=O) groups is 2. The molecule has 132 valence electrons. The molecule has 25 heavy (non-hydrogen) atoms. The summed E-state index contributed by atoms with van der Waals surface area (Å²) in [5.74, 6) is 0.130. The number of piperazine rings is 1. The molecule has 1 fully saturated rings. The van der Waals surface area contributed by atoms with Crippen molar-refractivity contribution in [2.24, 2.45) is 0 Å². The zero-order chi connectivity index (χ0) is 17.8. The normalized spacial score (nSPS) is 16.6. The first-order valence-electron chi connectivity index (χ1n) is 8.79. The lowest BCUT2D eigenvalue weighted by Crippen LogP contribution is -2.50. The zero-order valence-corrected chi connectivity index (χ0v) is 14.9. The van der Waals surface area contributed by atoms with E-state index in [4.69, 9.17) is 0 Å². The van der Waals surface area contributed by atoms with Crippen molar-refractivity contribution in [1.29, 1.82) is 0 Å². The number of rotatable bonds is 4. The van der Waals surface area contributed by atoms with E-state index in [0.29, 0.717) is 19.6 Å². The quantitative estimate of drug-likeness (QED) is 0.929. The fraction of sp³-hybridized carbons (Fsp3) is 0.400. The number of amides is 2. The molecule has 2 amide bonds. The molecule has 0 aliphatic carbocycles. The highest BCUT2D eigenvalue weighted by Gasteiger charge is 2.21. The average molecular weight is 339 g/mol. The van der Waals surface area contributed by atoms with E-state index in [2.05, 4.69) is 34.5 Å². The van der Waals surface area contributed by atoms with Gasteiger partial charge in [-0.05, 0) is 23.3 Å². The summed E-state index contributed by atoms with van der Waals surface area (Å²) in [6.07, 6.45) is 0. The summed E-state index contributed by atoms with van der Waals surface area (Å²) >= 11 is 0. The fourth-order valence-corrected chi connectivity index (χ4v) is 3.42. The van der Waals surface area contributed by atoms with Gasteiger partial charge in [-0.25, -0.2) is 0 Å². The van der Waals surface area contributed by atoms with Crippen molar-refractivity contribution in [1.82, 2.24) is 15.1 Å². The maximum absolute atomic E-state index is 12.4. The number of nitrogens with one attached hydrogen (secondary N) is 1. The smallest absolute Gasteiger partial charge is 0.234 e. The van der Waals surface area contributed by atoms with Gasteiger partial charge in [0.2, 0.25) is 11.8 Å². The van der Waals surface area contributed by atoms with Crippen molar-refractivity contribution in [3.63, 3.8) is 0 Å². The van der Waals surface area contributed by atoms with Crippen molar-refractivity contribution < 1.29 is 9.59 Å². The largest absolute Gasteiger partial charge is 0.348 e. The highest BCUT2D eigenvalue weighted by atomic mass is 16.2. The number of hydrogen-bond acceptors (Lipinski definition) is 3. The summed E-state index contributed by atoms with van der Waals surface area (Å²) in [7, 11) is 0. The standard InChI is InChI=1S/C20H25N3O2/c1-15(18-9-5-7-17-6-3-4-8-19(17)18)21-20(25)14-22-10-12-23(13-11-22)16(2)24/h3-9,15H,10-14H2,1-2H3,(H,21,25). The molecule has 0 radical (unpaired) electrons. The summed E-state index contributed by atoms with van der Waals surface area (Å²) in [4.78, 5) is 27.7. The molecular weight excluding hydrogens is 314 g/mol. The van der Waals surface area contributed by atoms with Gasteiger partial charge in [0.05, 0.1) is 12.6 Å². The first-order chi connectivity index (χ1) is 12.0. The molecule has 1 unspecified atom stereocenters. The molecule has 0 spiro atoms. The van der Waals surface area contributed by atoms with Crippen LogP contribution in [0.25, 0.3) is 10.8 Å². The Morgan fingerprint density at radius 2 is 1.72 bits per heavy atom. The van der Waals surface area contributed by atoms with E-state index in [1.54, 1.807) is 6.92 Å². The first-order valence-corrected chi connectivity index (χ1v) is 8.79. The van der Waals surface area contributed by atoms with Gasteiger partial charge in [-0.3, -0.25) is 14.5 Å². The van der Waals surface area contributed by atoms with Crippen LogP contribution < -0.4 is 5.32 Å². The monoisotopic (exact) mass is 339 g/mol. The lowest BCUT2D eigenvalue weighted by atomic mass is 10.00. The second kappa shape index (κ2) is 7.66. The van der Waals surface area contributed by atoms with Crippen LogP contribution in [0.1, 0.15) is 25.5 Å². The van der Waals surface area contributed by atoms with Gasteiger partial charge in [-0.2, -0.15) is 0 Å². The number of fused-ring (bicyclic) bond motifs is 1. The van der Waals surface area contributed by atoms with Crippen molar-refractivity contribution in [2.45, 2.75) is 19.9 Å². The fourth-order valence-electron chi connectivity index (χ4n) is 3.42. The molecule has 1 N–H and O–H groups in total. The highest BCUT2D eigenvalue weighted by molar-refractivity contribution is 5.87. The van der Waals surface area contributed by atoms with Gasteiger partial charge >= 0.3 is 0 Å². The molecule has 0 bridgehead atoms. The van der Waals surface area contributed by atoms with Crippen LogP contribution in [0.2, 0.25) is 0 Å². The molecule has 2 aromatic rings. The lowest BCUT2D eigenvalue weighted by Gasteiger charge is -2.33. The zero-order valence-electron chi connectivity index (χ0n) is 14.9. The number of benzene rings is 2. The van der Waals surface area contributed by atoms with E-state index in [0.717, 1.165) is 18.7 Å². The molecule has 2 aromatic carbocycles. The lowest BCUT2D eigenvalue weighted by molar-refractivity contribution is -0.131. The van der Waals surface area contributed by atoms with Gasteiger partial charge in [-0.15, -0.1) is 0 Å². The van der Waals surface area contributed by atoms with Crippen LogP contribution in [-0.4, -0.2) is 54.3 Å². The Labute approximate surface area is 148 Å². The Morgan fingerprint density at radius 1 is 1.04 bits per heavy atom. The summed E-state index contributed by atoms with van der Waals surface area (Å²) in [5.41, 5.74) is 1.13. The van der Waals surface area contributed by atoms with Gasteiger partial charge in [0.15, 0.2) is 0 Å². The van der Waals surface area contributed by atoms with Crippen molar-refractivity contribution in [3.05, 3.63) is 48.0 Å². The van der Waals surface area contributed by atoms with Gasteiger partial charge in [0.1, 0.15) is 0 Å². The molecule has 1 atom stereocenters. The van der Waals surface area contributed by atoms with Gasteiger partial charge < -0.3 is 10.2 Å². The van der Waals surface area contributed by atoms with E-state index >= 15 is 0 Å². The topological polar surface area (TPSA) is 52.7 Å². The van der Waals surface area contributed by atoms with Crippen LogP contribution in [0, 0.1) is 0 Å². The molecule has 1 aliphatic heterocycles. The van der Waals surface area contributed by atoms with E-state index in [9.17, 15) is 9.59 Å². The predicted molar refractivity (Wildman–Crippen MR) is 99.2 cm³/mol. The molecule has 1 aliphatic rings. The van der Waals surface area contributed by atoms with Crippen molar-refractivity contribution in [2.75, 3.05) is 32.7 Å². The molecule has 3 rings (SSSR count). The van der Waals surface area contributed by atoms with E-state index < -0.39 is 0 Å². The Balaban J connectivity index is 1.58. The molecule has 0 aromatic heterocycles. The minimum atomic E-state index is -0.0443. The van der Waals surface area contributed by atoms with Crippen LogP contribution in [0.4, 0.5) is 0 Å². The maximum atomic E-state index is 12.4. The van der Waals surface area contributed by atoms with Gasteiger partial charge in [-0.1, -0.05) is 42.5 Å². The maximum Gasteiger partial charge on any atom is 0.234 e. The Kier molecular flexibility index (Phi) is 5.34. The molecule has 1 heterocycles. The minimum absolute atomic E-state index is 0.0247. The molecule has 0 saturated carbocycles. The molecular formula is C20H25N3O2. The van der Waals surface area contributed by atoms with Gasteiger partial charge in [0, 0.05) is 33.1 Å². The first kappa shape index (κ1) is 17.4. The number of hydrogen-bond donors (Lipinski definition) is 1. The Hall–Kier alpha value is -2.40. The second-order valence-corrected chi connectivity index (χ2v) is 6.64. The van der Waals surface area contributed by atoms with E-state index in [1.165, 1.54) is 10.8 Å². The summed E-state index contributed by atoms with van der Waals surface area (Å²) in [6, 6.07) is 14.4. The molecule has 1 saturated heterocycles. The molecule has 5 heteroatoms. The third kappa shape index (κ3) is 4.17. The van der Waals surface area contributed by atoms with Crippen LogP contribution in [0.5, 0.6) is 0 Å². The summed E-state index contributed by atoms with van der Waals surface area (Å²) < 4.78 is 0. The molecule has 5 nitrogen and oxygen atoms in total. The van der Waals surface area contributed by atoms with Crippen LogP contribution in [-0.2, 0) is 9.59 Å².